The van der Waals surface area contributed by atoms with Crippen molar-refractivity contribution in [1.29, 1.82) is 0 Å². The lowest BCUT2D eigenvalue weighted by Gasteiger charge is -2.29. The first-order chi connectivity index (χ1) is 26.0. The maximum atomic E-state index is 2.51. The molecule has 3 atom stereocenters. The third-order valence-electron chi connectivity index (χ3n) is 13.8. The average Bonchev–Trinajstić information content (AvgIpc) is 3.92. The maximum Gasteiger partial charge on any atom is 0.0465 e. The Balaban J connectivity index is 1.03. The van der Waals surface area contributed by atoms with Crippen molar-refractivity contribution in [2.45, 2.75) is 88.9 Å². The van der Waals surface area contributed by atoms with E-state index in [9.17, 15) is 0 Å². The normalized spacial score (nSPS) is 21.4. The highest BCUT2D eigenvalue weighted by atomic mass is 15.1. The van der Waals surface area contributed by atoms with E-state index in [1.54, 1.807) is 5.56 Å². The zero-order valence-corrected chi connectivity index (χ0v) is 31.4. The molecule has 53 heavy (non-hydrogen) atoms. The third kappa shape index (κ3) is 5.75. The molecule has 4 aliphatic carbocycles. The van der Waals surface area contributed by atoms with Crippen molar-refractivity contribution in [2.24, 2.45) is 11.8 Å². The number of fused-ring (bicyclic) bond motifs is 5. The fraction of sp³-hybridized carbons (Fsp3) is 0.308. The van der Waals surface area contributed by atoms with Gasteiger partial charge in [0.05, 0.1) is 0 Å². The fourth-order valence-corrected chi connectivity index (χ4v) is 10.9. The van der Waals surface area contributed by atoms with E-state index in [2.05, 4.69) is 158 Å². The van der Waals surface area contributed by atoms with Gasteiger partial charge in [0.25, 0.3) is 0 Å². The summed E-state index contributed by atoms with van der Waals surface area (Å²) < 4.78 is 0. The van der Waals surface area contributed by atoms with Crippen molar-refractivity contribution < 1.29 is 0 Å². The van der Waals surface area contributed by atoms with Gasteiger partial charge in [-0.15, -0.1) is 0 Å². The van der Waals surface area contributed by atoms with Crippen molar-refractivity contribution in [3.05, 3.63) is 162 Å². The standard InChI is InChI=1S/C52H51N/c1-52(2)49-15-9-14-46(40-20-18-38(19-21-40)36-10-5-3-6-11-36)51(49)47-31-30-45(34-50(47)52)53(43-26-22-39(23-27-43)37-12-7-4-8-13-37)44-28-24-41(25-29-44)48-33-35-16-17-42(48)32-35/h3,5-6,9-11,14-15,18-31,34-35,37,42,48H,4,7-8,12-13,16-17,32-33H2,1-2H3. The molecule has 6 aromatic rings. The topological polar surface area (TPSA) is 3.24 Å². The fourth-order valence-electron chi connectivity index (χ4n) is 10.9. The minimum atomic E-state index is -0.122. The predicted octanol–water partition coefficient (Wildman–Crippen LogP) is 14.7. The van der Waals surface area contributed by atoms with Gasteiger partial charge in [-0.1, -0.05) is 143 Å². The van der Waals surface area contributed by atoms with Gasteiger partial charge in [-0.3, -0.25) is 0 Å². The van der Waals surface area contributed by atoms with Gasteiger partial charge in [-0.05, 0) is 148 Å². The monoisotopic (exact) mass is 689 g/mol. The van der Waals surface area contributed by atoms with E-state index >= 15 is 0 Å². The second-order valence-corrected chi connectivity index (χ2v) is 17.2. The van der Waals surface area contributed by atoms with Crippen molar-refractivity contribution in [1.82, 2.24) is 0 Å². The molecular weight excluding hydrogens is 639 g/mol. The summed E-state index contributed by atoms with van der Waals surface area (Å²) in [6, 6.07) is 53.4. The third-order valence-corrected chi connectivity index (χ3v) is 13.8. The lowest BCUT2D eigenvalue weighted by atomic mass is 9.81. The van der Waals surface area contributed by atoms with Gasteiger partial charge in [-0.25, -0.2) is 0 Å². The Morgan fingerprint density at radius 1 is 0.491 bits per heavy atom. The van der Waals surface area contributed by atoms with Crippen LogP contribution in [0.2, 0.25) is 0 Å². The van der Waals surface area contributed by atoms with Crippen LogP contribution in [0.15, 0.2) is 140 Å². The van der Waals surface area contributed by atoms with Gasteiger partial charge >= 0.3 is 0 Å². The smallest absolute Gasteiger partial charge is 0.0465 e. The Morgan fingerprint density at radius 2 is 1.15 bits per heavy atom. The second kappa shape index (κ2) is 13.2. The molecule has 3 unspecified atom stereocenters. The van der Waals surface area contributed by atoms with Crippen LogP contribution in [0.3, 0.4) is 0 Å². The number of hydrogen-bond donors (Lipinski definition) is 0. The molecule has 1 nitrogen and oxygen atoms in total. The molecular formula is C52H51N. The molecule has 0 radical (unpaired) electrons. The highest BCUT2D eigenvalue weighted by Crippen LogP contribution is 2.55. The molecule has 0 saturated heterocycles. The van der Waals surface area contributed by atoms with Gasteiger partial charge in [0.1, 0.15) is 0 Å². The van der Waals surface area contributed by atoms with Gasteiger partial charge in [0, 0.05) is 22.5 Å². The highest BCUT2D eigenvalue weighted by Gasteiger charge is 2.40. The van der Waals surface area contributed by atoms with Crippen LogP contribution < -0.4 is 4.90 Å². The van der Waals surface area contributed by atoms with Crippen LogP contribution in [-0.2, 0) is 5.41 Å². The van der Waals surface area contributed by atoms with Crippen LogP contribution in [0.25, 0.3) is 33.4 Å². The molecule has 0 aromatic heterocycles. The summed E-state index contributed by atoms with van der Waals surface area (Å²) >= 11 is 0. The van der Waals surface area contributed by atoms with Gasteiger partial charge in [-0.2, -0.15) is 0 Å². The molecule has 0 amide bonds. The molecule has 6 aromatic carbocycles. The Kier molecular flexibility index (Phi) is 8.16. The Morgan fingerprint density at radius 3 is 1.83 bits per heavy atom. The van der Waals surface area contributed by atoms with Gasteiger partial charge in [0.2, 0.25) is 0 Å². The summed E-state index contributed by atoms with van der Waals surface area (Å²) in [6.07, 6.45) is 12.5. The average molecular weight is 690 g/mol. The lowest BCUT2D eigenvalue weighted by molar-refractivity contribution is 0.420. The number of benzene rings is 6. The number of nitrogens with zero attached hydrogens (tertiary/aromatic N) is 1. The summed E-state index contributed by atoms with van der Waals surface area (Å²) in [7, 11) is 0. The van der Waals surface area contributed by atoms with E-state index in [-0.39, 0.29) is 5.41 Å². The molecule has 4 aliphatic rings. The van der Waals surface area contributed by atoms with Crippen molar-refractivity contribution in [3.63, 3.8) is 0 Å². The zero-order chi connectivity index (χ0) is 35.5. The van der Waals surface area contributed by atoms with Crippen LogP contribution in [0.5, 0.6) is 0 Å². The summed E-state index contributed by atoms with van der Waals surface area (Å²) in [6.45, 7) is 4.83. The Hall–Kier alpha value is -4.88. The van der Waals surface area contributed by atoms with Crippen LogP contribution in [0, 0.1) is 11.8 Å². The summed E-state index contributed by atoms with van der Waals surface area (Å²) in [4.78, 5) is 2.51. The minimum Gasteiger partial charge on any atom is -0.310 e. The van der Waals surface area contributed by atoms with E-state index < -0.39 is 0 Å². The van der Waals surface area contributed by atoms with Crippen LogP contribution >= 0.6 is 0 Å². The van der Waals surface area contributed by atoms with Crippen molar-refractivity contribution in [3.8, 4) is 33.4 Å². The molecule has 0 spiro atoms. The Bertz CT molecular complexity index is 2240. The van der Waals surface area contributed by atoms with E-state index in [1.807, 2.05) is 0 Å². The minimum absolute atomic E-state index is 0.122. The maximum absolute atomic E-state index is 2.51. The van der Waals surface area contributed by atoms with E-state index in [1.165, 1.54) is 125 Å². The molecule has 0 aliphatic heterocycles. The molecule has 2 bridgehead atoms. The summed E-state index contributed by atoms with van der Waals surface area (Å²) in [5.74, 6) is 3.29. The van der Waals surface area contributed by atoms with Crippen LogP contribution in [-0.4, -0.2) is 0 Å². The molecule has 0 heterocycles. The first-order valence-corrected chi connectivity index (χ1v) is 20.5. The summed E-state index contributed by atoms with van der Waals surface area (Å²) in [5, 5.41) is 0. The predicted molar refractivity (Wildman–Crippen MR) is 224 cm³/mol. The second-order valence-electron chi connectivity index (χ2n) is 17.2. The first kappa shape index (κ1) is 32.7. The van der Waals surface area contributed by atoms with E-state index in [0.717, 1.165) is 17.8 Å². The molecule has 1 heteroatoms. The SMILES string of the molecule is CC1(C)c2cc(N(c3ccc(C4CCCCC4)cc3)c3ccc(C4CC5CCC4C5)cc3)ccc2-c2c(-c3ccc(-c4ccccc4)cc3)cccc21. The Labute approximate surface area is 316 Å². The van der Waals surface area contributed by atoms with Crippen LogP contribution in [0.4, 0.5) is 17.1 Å². The first-order valence-electron chi connectivity index (χ1n) is 20.5. The molecule has 3 saturated carbocycles. The number of rotatable bonds is 7. The molecule has 3 fully saturated rings. The van der Waals surface area contributed by atoms with Gasteiger partial charge in [0.15, 0.2) is 0 Å². The largest absolute Gasteiger partial charge is 0.310 e. The van der Waals surface area contributed by atoms with Crippen molar-refractivity contribution >= 4 is 17.1 Å². The summed E-state index contributed by atoms with van der Waals surface area (Å²) in [5.41, 5.74) is 17.3. The molecule has 0 N–H and O–H groups in total. The van der Waals surface area contributed by atoms with E-state index in [4.69, 9.17) is 0 Å². The number of anilines is 3. The van der Waals surface area contributed by atoms with E-state index in [0.29, 0.717) is 5.92 Å². The van der Waals surface area contributed by atoms with Crippen molar-refractivity contribution in [2.75, 3.05) is 4.90 Å². The molecule has 10 rings (SSSR count). The zero-order valence-electron chi connectivity index (χ0n) is 31.4. The molecule has 264 valence electrons. The quantitative estimate of drug-likeness (QED) is 0.161. The van der Waals surface area contributed by atoms with Gasteiger partial charge < -0.3 is 4.90 Å². The number of hydrogen-bond acceptors (Lipinski definition) is 1. The highest BCUT2D eigenvalue weighted by molar-refractivity contribution is 5.94. The van der Waals surface area contributed by atoms with Crippen LogP contribution in [0.1, 0.15) is 106 Å². The lowest BCUT2D eigenvalue weighted by Crippen LogP contribution is -2.16.